The SMILES string of the molecule is CCC(CC)(/C1=C/C/C=C\C(O)=C/C(C)O1)c1ccc(OCC(=O)C(C)(C)C)c(C)c1. The summed E-state index contributed by atoms with van der Waals surface area (Å²) in [7, 11) is 0. The van der Waals surface area contributed by atoms with Crippen molar-refractivity contribution in [3.05, 3.63) is 65.1 Å². The summed E-state index contributed by atoms with van der Waals surface area (Å²) in [4.78, 5) is 12.2. The Morgan fingerprint density at radius 1 is 1.23 bits per heavy atom. The zero-order valence-electron chi connectivity index (χ0n) is 20.1. The van der Waals surface area contributed by atoms with Crippen LogP contribution < -0.4 is 4.74 Å². The molecule has 1 unspecified atom stereocenters. The lowest BCUT2D eigenvalue weighted by atomic mass is 9.73. The maximum atomic E-state index is 12.2. The first-order chi connectivity index (χ1) is 14.5. The van der Waals surface area contributed by atoms with Gasteiger partial charge in [0.05, 0.1) is 5.41 Å². The van der Waals surface area contributed by atoms with Crippen LogP contribution >= 0.6 is 0 Å². The molecular formula is C27H38O4. The second-order valence-corrected chi connectivity index (χ2v) is 9.35. The van der Waals surface area contributed by atoms with Gasteiger partial charge in [0.2, 0.25) is 0 Å². The third-order valence-electron chi connectivity index (χ3n) is 6.05. The lowest BCUT2D eigenvalue weighted by molar-refractivity contribution is -0.128. The monoisotopic (exact) mass is 426 g/mol. The molecule has 0 bridgehead atoms. The molecule has 1 aliphatic heterocycles. The number of Topliss-reactive ketones (excluding diaryl/α,β-unsaturated/α-hetero) is 1. The van der Waals surface area contributed by atoms with E-state index in [0.29, 0.717) is 6.42 Å². The highest BCUT2D eigenvalue weighted by molar-refractivity contribution is 5.85. The molecule has 4 heteroatoms. The van der Waals surface area contributed by atoms with Crippen molar-refractivity contribution in [3.63, 3.8) is 0 Å². The first-order valence-electron chi connectivity index (χ1n) is 11.2. The zero-order valence-corrected chi connectivity index (χ0v) is 20.1. The summed E-state index contributed by atoms with van der Waals surface area (Å²) in [6, 6.07) is 6.20. The number of carbonyl (C=O) groups is 1. The molecule has 0 radical (unpaired) electrons. The molecule has 170 valence electrons. The summed E-state index contributed by atoms with van der Waals surface area (Å²) in [5.41, 5.74) is 1.47. The number of benzene rings is 1. The lowest BCUT2D eigenvalue weighted by Gasteiger charge is -2.36. The van der Waals surface area contributed by atoms with Crippen LogP contribution in [0.2, 0.25) is 0 Å². The number of carbonyl (C=O) groups excluding carboxylic acids is 1. The predicted molar refractivity (Wildman–Crippen MR) is 126 cm³/mol. The Morgan fingerprint density at radius 2 is 1.90 bits per heavy atom. The van der Waals surface area contributed by atoms with E-state index in [2.05, 4.69) is 32.1 Å². The van der Waals surface area contributed by atoms with Crippen molar-refractivity contribution >= 4 is 5.78 Å². The summed E-state index contributed by atoms with van der Waals surface area (Å²) < 4.78 is 12.2. The number of allylic oxidation sites excluding steroid dienone is 4. The number of hydrogen-bond donors (Lipinski definition) is 1. The summed E-state index contributed by atoms with van der Waals surface area (Å²) in [6.07, 6.45) is 9.71. The summed E-state index contributed by atoms with van der Waals surface area (Å²) in [6.45, 7) is 14.1. The van der Waals surface area contributed by atoms with Crippen LogP contribution in [0.5, 0.6) is 5.75 Å². The number of rotatable bonds is 7. The van der Waals surface area contributed by atoms with Crippen LogP contribution in [0, 0.1) is 12.3 Å². The number of hydrogen-bond acceptors (Lipinski definition) is 4. The third kappa shape index (κ3) is 6.03. The molecule has 0 amide bonds. The van der Waals surface area contributed by atoms with Crippen molar-refractivity contribution in [2.45, 2.75) is 79.2 Å². The summed E-state index contributed by atoms with van der Waals surface area (Å²) >= 11 is 0. The van der Waals surface area contributed by atoms with Gasteiger partial charge in [0.25, 0.3) is 0 Å². The molecule has 4 nitrogen and oxygen atoms in total. The molecular weight excluding hydrogens is 388 g/mol. The van der Waals surface area contributed by atoms with E-state index < -0.39 is 5.41 Å². The molecule has 0 saturated heterocycles. The van der Waals surface area contributed by atoms with Crippen molar-refractivity contribution in [3.8, 4) is 5.75 Å². The molecule has 0 aromatic heterocycles. The molecule has 0 aliphatic carbocycles. The Morgan fingerprint density at radius 3 is 2.48 bits per heavy atom. The van der Waals surface area contributed by atoms with Gasteiger partial charge in [-0.3, -0.25) is 4.79 Å². The Bertz CT molecular complexity index is 864. The Labute approximate surface area is 187 Å². The Balaban J connectivity index is 2.36. The smallest absolute Gasteiger partial charge is 0.175 e. The van der Waals surface area contributed by atoms with Crippen molar-refractivity contribution in [1.82, 2.24) is 0 Å². The number of aliphatic hydroxyl groups is 1. The minimum absolute atomic E-state index is 0.0737. The minimum Gasteiger partial charge on any atom is -0.508 e. The van der Waals surface area contributed by atoms with Gasteiger partial charge < -0.3 is 14.6 Å². The van der Waals surface area contributed by atoms with E-state index in [1.54, 1.807) is 12.2 Å². The van der Waals surface area contributed by atoms with Gasteiger partial charge in [0.15, 0.2) is 5.78 Å². The highest BCUT2D eigenvalue weighted by atomic mass is 16.5. The quantitative estimate of drug-likeness (QED) is 0.525. The standard InChI is InChI=1S/C27H38O4/c1-8-27(9-2,25-13-11-10-12-22(28)17-20(4)31-25)21-14-15-23(19(3)16-21)30-18-24(29)26(5,6)7/h10,12-17,20,28H,8-9,11,18H2,1-7H3/b12-10-,22-17+,25-13-. The fourth-order valence-electron chi connectivity index (χ4n) is 3.87. The third-order valence-corrected chi connectivity index (χ3v) is 6.05. The van der Waals surface area contributed by atoms with Gasteiger partial charge in [-0.15, -0.1) is 0 Å². The van der Waals surface area contributed by atoms with Gasteiger partial charge >= 0.3 is 0 Å². The highest BCUT2D eigenvalue weighted by Gasteiger charge is 2.35. The maximum absolute atomic E-state index is 12.2. The van der Waals surface area contributed by atoms with Crippen molar-refractivity contribution in [2.75, 3.05) is 6.61 Å². The molecule has 1 heterocycles. The molecule has 0 spiro atoms. The van der Waals surface area contributed by atoms with E-state index in [9.17, 15) is 9.90 Å². The molecule has 1 N–H and O–H groups in total. The largest absolute Gasteiger partial charge is 0.508 e. The average molecular weight is 427 g/mol. The highest BCUT2D eigenvalue weighted by Crippen LogP contribution is 2.42. The maximum Gasteiger partial charge on any atom is 0.175 e. The van der Waals surface area contributed by atoms with Crippen molar-refractivity contribution in [2.24, 2.45) is 5.41 Å². The fourth-order valence-corrected chi connectivity index (χ4v) is 3.87. The van der Waals surface area contributed by atoms with Gasteiger partial charge in [-0.2, -0.15) is 0 Å². The first-order valence-corrected chi connectivity index (χ1v) is 11.2. The molecule has 0 saturated carbocycles. The van der Waals surface area contributed by atoms with Gasteiger partial charge in [0.1, 0.15) is 30.0 Å². The first kappa shape index (κ1) is 24.8. The Kier molecular flexibility index (Phi) is 8.16. The van der Waals surface area contributed by atoms with Crippen LogP contribution in [0.4, 0.5) is 0 Å². The molecule has 31 heavy (non-hydrogen) atoms. The van der Waals surface area contributed by atoms with E-state index in [0.717, 1.165) is 29.9 Å². The van der Waals surface area contributed by atoms with Crippen LogP contribution in [0.25, 0.3) is 0 Å². The van der Waals surface area contributed by atoms with E-state index in [1.807, 2.05) is 46.8 Å². The Hall–Kier alpha value is -2.49. The summed E-state index contributed by atoms with van der Waals surface area (Å²) in [5.74, 6) is 1.96. The average Bonchev–Trinajstić information content (AvgIpc) is 2.78. The van der Waals surface area contributed by atoms with Crippen LogP contribution in [-0.4, -0.2) is 23.6 Å². The molecule has 1 aromatic rings. The molecule has 1 aromatic carbocycles. The van der Waals surface area contributed by atoms with Crippen molar-refractivity contribution in [1.29, 1.82) is 0 Å². The van der Waals surface area contributed by atoms with Crippen LogP contribution in [0.1, 0.15) is 71.9 Å². The van der Waals surface area contributed by atoms with E-state index in [1.165, 1.54) is 5.56 Å². The number of ketones is 1. The van der Waals surface area contributed by atoms with Crippen LogP contribution in [-0.2, 0) is 14.9 Å². The molecule has 2 rings (SSSR count). The minimum atomic E-state index is -0.415. The van der Waals surface area contributed by atoms with Crippen LogP contribution in [0.15, 0.2) is 54.0 Å². The second-order valence-electron chi connectivity index (χ2n) is 9.35. The number of aliphatic hydroxyl groups excluding tert-OH is 1. The van der Waals surface area contributed by atoms with Crippen molar-refractivity contribution < 1.29 is 19.4 Å². The molecule has 1 atom stereocenters. The number of aryl methyl sites for hydroxylation is 1. The van der Waals surface area contributed by atoms with Gasteiger partial charge in [-0.1, -0.05) is 52.8 Å². The second kappa shape index (κ2) is 10.2. The lowest BCUT2D eigenvalue weighted by Crippen LogP contribution is -2.30. The molecule has 0 fully saturated rings. The number of ether oxygens (including phenoxy) is 2. The van der Waals surface area contributed by atoms with E-state index in [-0.39, 0.29) is 29.7 Å². The van der Waals surface area contributed by atoms with Gasteiger partial charge in [-0.05, 0) is 68.5 Å². The normalized spacial score (nSPS) is 22.0. The van der Waals surface area contributed by atoms with Crippen LogP contribution in [0.3, 0.4) is 0 Å². The summed E-state index contributed by atoms with van der Waals surface area (Å²) in [5, 5.41) is 9.97. The zero-order chi connectivity index (χ0) is 23.2. The van der Waals surface area contributed by atoms with Gasteiger partial charge in [0, 0.05) is 5.41 Å². The van der Waals surface area contributed by atoms with Gasteiger partial charge in [-0.25, -0.2) is 0 Å². The van der Waals surface area contributed by atoms with E-state index >= 15 is 0 Å². The fraction of sp³-hybridized carbons (Fsp3) is 0.519. The molecule has 1 aliphatic rings. The topological polar surface area (TPSA) is 55.8 Å². The predicted octanol–water partition coefficient (Wildman–Crippen LogP) is 6.74. The van der Waals surface area contributed by atoms with E-state index in [4.69, 9.17) is 9.47 Å².